The number of carboxylic acid groups (broad SMARTS) is 1. The van der Waals surface area contributed by atoms with Gasteiger partial charge < -0.3 is 20.4 Å². The van der Waals surface area contributed by atoms with Crippen LogP contribution in [-0.2, 0) is 4.79 Å². The van der Waals surface area contributed by atoms with Gasteiger partial charge in [-0.3, -0.25) is 9.59 Å². The molecule has 1 fully saturated rings. The standard InChI is InChI=1S/C20H19N3O4S2/c24-12-20(19(26)27)7-8-23(11-20)15-5-2-1-4-13(15)21-17(25)14-10-29-18(22-14)16-6-3-9-28-16/h1-6,9-10,24H,7-8,11-12H2,(H,21,25)(H,26,27). The highest BCUT2D eigenvalue weighted by Crippen LogP contribution is 2.37. The van der Waals surface area contributed by atoms with Gasteiger partial charge in [0.2, 0.25) is 0 Å². The molecule has 1 aromatic carbocycles. The highest BCUT2D eigenvalue weighted by Gasteiger charge is 2.45. The summed E-state index contributed by atoms with van der Waals surface area (Å²) < 4.78 is 0. The number of aromatic nitrogens is 1. The maximum Gasteiger partial charge on any atom is 0.313 e. The Labute approximate surface area is 175 Å². The number of thiophene rings is 1. The molecular weight excluding hydrogens is 410 g/mol. The number of para-hydroxylation sites is 2. The number of carbonyl (C=O) groups is 2. The average Bonchev–Trinajstić information content (AvgIpc) is 3.48. The number of aliphatic carboxylic acids is 1. The van der Waals surface area contributed by atoms with Gasteiger partial charge in [-0.2, -0.15) is 0 Å². The van der Waals surface area contributed by atoms with Crippen molar-refractivity contribution in [2.45, 2.75) is 6.42 Å². The Morgan fingerprint density at radius 3 is 2.72 bits per heavy atom. The van der Waals surface area contributed by atoms with Crippen molar-refractivity contribution in [3.05, 3.63) is 52.9 Å². The van der Waals surface area contributed by atoms with Gasteiger partial charge in [0, 0.05) is 18.5 Å². The molecule has 1 amide bonds. The molecule has 2 aromatic heterocycles. The lowest BCUT2D eigenvalue weighted by molar-refractivity contribution is -0.149. The second-order valence-corrected chi connectivity index (χ2v) is 8.71. The summed E-state index contributed by atoms with van der Waals surface area (Å²) >= 11 is 2.99. The first kappa shape index (κ1) is 19.6. The molecule has 1 saturated heterocycles. The second-order valence-electron chi connectivity index (χ2n) is 6.90. The molecule has 0 aliphatic carbocycles. The number of aliphatic hydroxyl groups is 1. The van der Waals surface area contributed by atoms with Crippen molar-refractivity contribution in [3.8, 4) is 9.88 Å². The Morgan fingerprint density at radius 1 is 1.21 bits per heavy atom. The summed E-state index contributed by atoms with van der Waals surface area (Å²) in [5.74, 6) is -1.32. The lowest BCUT2D eigenvalue weighted by atomic mass is 9.88. The van der Waals surface area contributed by atoms with Crippen LogP contribution in [0.5, 0.6) is 0 Å². The first-order chi connectivity index (χ1) is 14.0. The lowest BCUT2D eigenvalue weighted by Gasteiger charge is -2.25. The number of carbonyl (C=O) groups excluding carboxylic acids is 1. The molecule has 0 bridgehead atoms. The summed E-state index contributed by atoms with van der Waals surface area (Å²) in [6, 6.07) is 11.2. The number of hydrogen-bond acceptors (Lipinski definition) is 7. The zero-order valence-electron chi connectivity index (χ0n) is 15.4. The Kier molecular flexibility index (Phi) is 5.35. The predicted molar refractivity (Wildman–Crippen MR) is 114 cm³/mol. The molecule has 3 N–H and O–H groups in total. The Morgan fingerprint density at radius 2 is 2.03 bits per heavy atom. The first-order valence-electron chi connectivity index (χ1n) is 9.01. The van der Waals surface area contributed by atoms with Gasteiger partial charge >= 0.3 is 5.97 Å². The molecule has 3 aromatic rings. The van der Waals surface area contributed by atoms with Crippen molar-refractivity contribution >= 4 is 45.9 Å². The van der Waals surface area contributed by atoms with Gasteiger partial charge in [-0.05, 0) is 30.0 Å². The van der Waals surface area contributed by atoms with Crippen molar-refractivity contribution in [2.24, 2.45) is 5.41 Å². The quantitative estimate of drug-likeness (QED) is 0.555. The van der Waals surface area contributed by atoms with Crippen LogP contribution in [0.4, 0.5) is 11.4 Å². The van der Waals surface area contributed by atoms with E-state index < -0.39 is 18.0 Å². The molecule has 1 unspecified atom stereocenters. The molecule has 1 aliphatic heterocycles. The Balaban J connectivity index is 1.53. The number of carboxylic acids is 1. The minimum absolute atomic E-state index is 0.185. The van der Waals surface area contributed by atoms with Crippen molar-refractivity contribution < 1.29 is 19.8 Å². The van der Waals surface area contributed by atoms with Gasteiger partial charge in [-0.25, -0.2) is 4.98 Å². The van der Waals surface area contributed by atoms with E-state index in [1.54, 1.807) is 22.8 Å². The SMILES string of the molecule is O=C(Nc1ccccc1N1CCC(CO)(C(=O)O)C1)c1csc(-c2cccs2)n1. The van der Waals surface area contributed by atoms with E-state index >= 15 is 0 Å². The minimum Gasteiger partial charge on any atom is -0.481 e. The van der Waals surface area contributed by atoms with Crippen LogP contribution in [0.1, 0.15) is 16.9 Å². The predicted octanol–water partition coefficient (Wildman–Crippen LogP) is 3.40. The molecule has 0 saturated carbocycles. The van der Waals surface area contributed by atoms with Crippen LogP contribution in [0.2, 0.25) is 0 Å². The Bertz CT molecular complexity index is 1030. The van der Waals surface area contributed by atoms with Crippen molar-refractivity contribution in [2.75, 3.05) is 29.9 Å². The molecule has 0 radical (unpaired) electrons. The van der Waals surface area contributed by atoms with E-state index in [0.717, 1.165) is 15.6 Å². The molecular formula is C20H19N3O4S2. The molecule has 3 heterocycles. The third-order valence-electron chi connectivity index (χ3n) is 5.07. The molecule has 9 heteroatoms. The van der Waals surface area contributed by atoms with Crippen molar-refractivity contribution in [3.63, 3.8) is 0 Å². The zero-order chi connectivity index (χ0) is 20.4. The molecule has 150 valence electrons. The molecule has 1 atom stereocenters. The molecule has 29 heavy (non-hydrogen) atoms. The van der Waals surface area contributed by atoms with E-state index in [-0.39, 0.29) is 12.5 Å². The van der Waals surface area contributed by atoms with E-state index in [1.807, 2.05) is 40.6 Å². The highest BCUT2D eigenvalue weighted by molar-refractivity contribution is 7.20. The molecule has 7 nitrogen and oxygen atoms in total. The number of aliphatic hydroxyl groups excluding tert-OH is 1. The van der Waals surface area contributed by atoms with Gasteiger partial charge in [-0.15, -0.1) is 22.7 Å². The number of thiazole rings is 1. The van der Waals surface area contributed by atoms with Gasteiger partial charge in [0.15, 0.2) is 0 Å². The molecule has 4 rings (SSSR count). The number of hydrogen-bond donors (Lipinski definition) is 3. The second kappa shape index (κ2) is 7.94. The van der Waals surface area contributed by atoms with Crippen LogP contribution < -0.4 is 10.2 Å². The van der Waals surface area contributed by atoms with Gasteiger partial charge in [0.1, 0.15) is 16.1 Å². The monoisotopic (exact) mass is 429 g/mol. The van der Waals surface area contributed by atoms with E-state index in [9.17, 15) is 19.8 Å². The topological polar surface area (TPSA) is 103 Å². The largest absolute Gasteiger partial charge is 0.481 e. The maximum atomic E-state index is 12.7. The fourth-order valence-corrected chi connectivity index (χ4v) is 5.00. The number of benzene rings is 1. The number of rotatable bonds is 6. The number of nitrogens with one attached hydrogen (secondary N) is 1. The van der Waals surface area contributed by atoms with E-state index in [4.69, 9.17) is 0 Å². The van der Waals surface area contributed by atoms with Crippen LogP contribution in [0.15, 0.2) is 47.2 Å². The van der Waals surface area contributed by atoms with E-state index in [2.05, 4.69) is 10.3 Å². The number of anilines is 2. The van der Waals surface area contributed by atoms with Crippen LogP contribution in [0.3, 0.4) is 0 Å². The maximum absolute atomic E-state index is 12.7. The average molecular weight is 430 g/mol. The zero-order valence-corrected chi connectivity index (χ0v) is 17.0. The third-order valence-corrected chi connectivity index (χ3v) is 6.95. The minimum atomic E-state index is -1.18. The van der Waals surface area contributed by atoms with Crippen LogP contribution in [-0.4, -0.2) is 46.8 Å². The summed E-state index contributed by atoms with van der Waals surface area (Å²) in [5.41, 5.74) is 0.472. The van der Waals surface area contributed by atoms with E-state index in [1.165, 1.54) is 11.3 Å². The summed E-state index contributed by atoms with van der Waals surface area (Å²) in [6.45, 7) is 0.252. The fraction of sp³-hybridized carbons (Fsp3) is 0.250. The van der Waals surface area contributed by atoms with Gasteiger partial charge in [0.05, 0.1) is 22.9 Å². The highest BCUT2D eigenvalue weighted by atomic mass is 32.1. The smallest absolute Gasteiger partial charge is 0.313 e. The Hall–Kier alpha value is -2.75. The van der Waals surface area contributed by atoms with Crippen LogP contribution >= 0.6 is 22.7 Å². The fourth-order valence-electron chi connectivity index (χ4n) is 3.38. The summed E-state index contributed by atoms with van der Waals surface area (Å²) in [5, 5.41) is 26.5. The van der Waals surface area contributed by atoms with Crippen LogP contribution in [0, 0.1) is 5.41 Å². The summed E-state index contributed by atoms with van der Waals surface area (Å²) in [7, 11) is 0. The number of nitrogens with zero attached hydrogens (tertiary/aromatic N) is 2. The van der Waals surface area contributed by atoms with E-state index in [0.29, 0.717) is 24.3 Å². The summed E-state index contributed by atoms with van der Waals surface area (Å²) in [6.07, 6.45) is 0.345. The van der Waals surface area contributed by atoms with Gasteiger partial charge in [-0.1, -0.05) is 18.2 Å². The van der Waals surface area contributed by atoms with Crippen LogP contribution in [0.25, 0.3) is 9.88 Å². The van der Waals surface area contributed by atoms with Gasteiger partial charge in [0.25, 0.3) is 5.91 Å². The van der Waals surface area contributed by atoms with Crippen molar-refractivity contribution in [1.29, 1.82) is 0 Å². The molecule has 1 aliphatic rings. The normalized spacial score (nSPS) is 18.7. The number of amides is 1. The lowest BCUT2D eigenvalue weighted by Crippen LogP contribution is -2.38. The first-order valence-corrected chi connectivity index (χ1v) is 10.8. The van der Waals surface area contributed by atoms with Crippen molar-refractivity contribution in [1.82, 2.24) is 4.98 Å². The third kappa shape index (κ3) is 3.76. The summed E-state index contributed by atoms with van der Waals surface area (Å²) in [4.78, 5) is 31.7. The molecule has 0 spiro atoms.